The minimum absolute atomic E-state index is 0.0697. The van der Waals surface area contributed by atoms with Gasteiger partial charge in [0.05, 0.1) is 20.8 Å². The Kier molecular flexibility index (Phi) is 2.90. The van der Waals surface area contributed by atoms with Gasteiger partial charge in [0.1, 0.15) is 0 Å². The second-order valence-electron chi connectivity index (χ2n) is 3.78. The topological polar surface area (TPSA) is 22.0 Å². The average molecular weight is 296 g/mol. The maximum atomic E-state index is 12.3. The van der Waals surface area contributed by atoms with Crippen LogP contribution in [0.2, 0.25) is 10.0 Å². The minimum atomic E-state index is -0.0697. The van der Waals surface area contributed by atoms with Crippen LogP contribution in [0.15, 0.2) is 47.3 Å². The monoisotopic (exact) mass is 295 g/mol. The number of rotatable bonds is 1. The summed E-state index contributed by atoms with van der Waals surface area (Å²) in [5.74, 6) is 0. The Balaban J connectivity index is 2.35. The molecule has 1 heterocycles. The lowest BCUT2D eigenvalue weighted by Gasteiger charge is -2.03. The molecule has 0 radical (unpaired) electrons. The van der Waals surface area contributed by atoms with Crippen LogP contribution in [0.5, 0.6) is 0 Å². The van der Waals surface area contributed by atoms with Crippen LogP contribution in [0.25, 0.3) is 15.8 Å². The first-order valence-corrected chi connectivity index (χ1v) is 6.76. The molecule has 3 rings (SSSR count). The van der Waals surface area contributed by atoms with Gasteiger partial charge in [-0.25, -0.2) is 3.96 Å². The van der Waals surface area contributed by atoms with Gasteiger partial charge in [-0.15, -0.1) is 0 Å². The molecule has 0 fully saturated rings. The largest absolute Gasteiger partial charge is 0.273 e. The molecule has 0 bridgehead atoms. The zero-order chi connectivity index (χ0) is 12.7. The third-order valence-electron chi connectivity index (χ3n) is 2.62. The van der Waals surface area contributed by atoms with E-state index in [-0.39, 0.29) is 5.56 Å². The van der Waals surface area contributed by atoms with Crippen LogP contribution in [0.4, 0.5) is 0 Å². The first kappa shape index (κ1) is 11.8. The summed E-state index contributed by atoms with van der Waals surface area (Å²) < 4.78 is 2.50. The molecule has 0 amide bonds. The van der Waals surface area contributed by atoms with Gasteiger partial charge in [-0.3, -0.25) is 4.79 Å². The SMILES string of the molecule is O=c1c2ccccc2sn1-c1cc(Cl)ccc1Cl. The van der Waals surface area contributed by atoms with Crippen LogP contribution in [0, 0.1) is 0 Å². The number of aromatic nitrogens is 1. The highest BCUT2D eigenvalue weighted by Gasteiger charge is 2.11. The van der Waals surface area contributed by atoms with Gasteiger partial charge in [-0.05, 0) is 30.3 Å². The molecular formula is C13H7Cl2NOS. The highest BCUT2D eigenvalue weighted by molar-refractivity contribution is 7.14. The molecule has 0 aliphatic carbocycles. The number of hydrogen-bond acceptors (Lipinski definition) is 2. The molecule has 0 aliphatic rings. The van der Waals surface area contributed by atoms with Crippen molar-refractivity contribution in [1.82, 2.24) is 3.96 Å². The van der Waals surface area contributed by atoms with Crippen molar-refractivity contribution >= 4 is 44.8 Å². The summed E-state index contributed by atoms with van der Waals surface area (Å²) in [7, 11) is 0. The fourth-order valence-electron chi connectivity index (χ4n) is 1.77. The lowest BCUT2D eigenvalue weighted by molar-refractivity contribution is 1.14. The van der Waals surface area contributed by atoms with E-state index in [0.29, 0.717) is 21.1 Å². The van der Waals surface area contributed by atoms with Crippen molar-refractivity contribution < 1.29 is 0 Å². The van der Waals surface area contributed by atoms with E-state index in [2.05, 4.69) is 0 Å². The van der Waals surface area contributed by atoms with Crippen LogP contribution in [0.3, 0.4) is 0 Å². The summed E-state index contributed by atoms with van der Waals surface area (Å²) in [5, 5.41) is 1.75. The Morgan fingerprint density at radius 1 is 1.06 bits per heavy atom. The van der Waals surface area contributed by atoms with E-state index in [9.17, 15) is 4.79 Å². The fraction of sp³-hybridized carbons (Fsp3) is 0. The molecule has 0 unspecified atom stereocenters. The number of benzene rings is 2. The first-order chi connectivity index (χ1) is 8.66. The molecule has 18 heavy (non-hydrogen) atoms. The quantitative estimate of drug-likeness (QED) is 0.654. The highest BCUT2D eigenvalue weighted by atomic mass is 35.5. The van der Waals surface area contributed by atoms with Gasteiger partial charge in [0, 0.05) is 5.02 Å². The lowest BCUT2D eigenvalue weighted by atomic mass is 10.3. The van der Waals surface area contributed by atoms with Crippen LogP contribution in [-0.4, -0.2) is 3.96 Å². The van der Waals surface area contributed by atoms with Crippen molar-refractivity contribution in [3.63, 3.8) is 0 Å². The molecule has 0 spiro atoms. The molecule has 3 aromatic rings. The van der Waals surface area contributed by atoms with Crippen molar-refractivity contribution in [2.45, 2.75) is 0 Å². The summed E-state index contributed by atoms with van der Waals surface area (Å²) in [6.07, 6.45) is 0. The minimum Gasteiger partial charge on any atom is -0.267 e. The second-order valence-corrected chi connectivity index (χ2v) is 5.61. The Morgan fingerprint density at radius 3 is 2.61 bits per heavy atom. The molecule has 5 heteroatoms. The molecule has 0 saturated carbocycles. The zero-order valence-electron chi connectivity index (χ0n) is 9.06. The maximum Gasteiger partial charge on any atom is 0.273 e. The fourth-order valence-corrected chi connectivity index (χ4v) is 3.21. The van der Waals surface area contributed by atoms with E-state index in [1.807, 2.05) is 24.3 Å². The molecule has 0 aliphatic heterocycles. The van der Waals surface area contributed by atoms with Crippen molar-refractivity contribution in [2.75, 3.05) is 0 Å². The summed E-state index contributed by atoms with van der Waals surface area (Å²) in [4.78, 5) is 12.3. The van der Waals surface area contributed by atoms with Gasteiger partial charge < -0.3 is 0 Å². The lowest BCUT2D eigenvalue weighted by Crippen LogP contribution is -2.10. The van der Waals surface area contributed by atoms with Crippen LogP contribution >= 0.6 is 34.7 Å². The van der Waals surface area contributed by atoms with Crippen molar-refractivity contribution in [3.05, 3.63) is 62.9 Å². The van der Waals surface area contributed by atoms with E-state index >= 15 is 0 Å². The first-order valence-electron chi connectivity index (χ1n) is 5.23. The van der Waals surface area contributed by atoms with E-state index < -0.39 is 0 Å². The van der Waals surface area contributed by atoms with Gasteiger partial charge in [0.2, 0.25) is 0 Å². The number of nitrogens with zero attached hydrogens (tertiary/aromatic N) is 1. The average Bonchev–Trinajstić information content (AvgIpc) is 2.71. The number of hydrogen-bond donors (Lipinski definition) is 0. The summed E-state index contributed by atoms with van der Waals surface area (Å²) in [5.41, 5.74) is 0.551. The van der Waals surface area contributed by atoms with Crippen molar-refractivity contribution in [3.8, 4) is 5.69 Å². The molecule has 2 aromatic carbocycles. The van der Waals surface area contributed by atoms with Gasteiger partial charge >= 0.3 is 0 Å². The van der Waals surface area contributed by atoms with Crippen LogP contribution in [0.1, 0.15) is 0 Å². The summed E-state index contributed by atoms with van der Waals surface area (Å²) >= 11 is 13.4. The molecule has 0 saturated heterocycles. The Hall–Kier alpha value is -1.29. The summed E-state index contributed by atoms with van der Waals surface area (Å²) in [6, 6.07) is 12.6. The highest BCUT2D eigenvalue weighted by Crippen LogP contribution is 2.27. The van der Waals surface area contributed by atoms with Gasteiger partial charge in [-0.1, -0.05) is 46.9 Å². The number of halogens is 2. The normalized spacial score (nSPS) is 11.0. The molecule has 90 valence electrons. The summed E-state index contributed by atoms with van der Waals surface area (Å²) in [6.45, 7) is 0. The van der Waals surface area contributed by atoms with E-state index in [1.54, 1.807) is 22.2 Å². The zero-order valence-corrected chi connectivity index (χ0v) is 11.4. The predicted octanol–water partition coefficient (Wildman–Crippen LogP) is 4.36. The maximum absolute atomic E-state index is 12.3. The van der Waals surface area contributed by atoms with Crippen LogP contribution in [-0.2, 0) is 0 Å². The van der Waals surface area contributed by atoms with E-state index in [4.69, 9.17) is 23.2 Å². The molecule has 0 atom stereocenters. The Labute approximate surface area is 117 Å². The van der Waals surface area contributed by atoms with Crippen LogP contribution < -0.4 is 5.56 Å². The van der Waals surface area contributed by atoms with Gasteiger partial charge in [0.25, 0.3) is 5.56 Å². The molecular weight excluding hydrogens is 289 g/mol. The molecule has 0 N–H and O–H groups in total. The van der Waals surface area contributed by atoms with E-state index in [0.717, 1.165) is 4.70 Å². The van der Waals surface area contributed by atoms with Gasteiger partial charge in [0.15, 0.2) is 0 Å². The van der Waals surface area contributed by atoms with Gasteiger partial charge in [-0.2, -0.15) is 0 Å². The second kappa shape index (κ2) is 4.43. The molecule has 1 aromatic heterocycles. The van der Waals surface area contributed by atoms with E-state index in [1.165, 1.54) is 11.5 Å². The standard InChI is InChI=1S/C13H7Cl2NOS/c14-8-5-6-10(15)11(7-8)16-13(17)9-3-1-2-4-12(9)18-16/h1-7H. The van der Waals surface area contributed by atoms with Crippen molar-refractivity contribution in [2.24, 2.45) is 0 Å². The Bertz CT molecular complexity index is 791. The predicted molar refractivity (Wildman–Crippen MR) is 77.4 cm³/mol. The third-order valence-corrected chi connectivity index (χ3v) is 4.27. The Morgan fingerprint density at radius 2 is 1.83 bits per heavy atom. The third kappa shape index (κ3) is 1.85. The number of fused-ring (bicyclic) bond motifs is 1. The molecule has 2 nitrogen and oxygen atoms in total. The van der Waals surface area contributed by atoms with Crippen molar-refractivity contribution in [1.29, 1.82) is 0 Å². The smallest absolute Gasteiger partial charge is 0.267 e.